The summed E-state index contributed by atoms with van der Waals surface area (Å²) < 4.78 is 38.6. The number of para-hydroxylation sites is 1. The van der Waals surface area contributed by atoms with Gasteiger partial charge in [0.1, 0.15) is 10.6 Å². The quantitative estimate of drug-likeness (QED) is 0.768. The zero-order valence-electron chi connectivity index (χ0n) is 14.7. The number of ether oxygens (including phenoxy) is 2. The van der Waals surface area contributed by atoms with Gasteiger partial charge in [-0.05, 0) is 24.5 Å². The molecule has 1 heterocycles. The Morgan fingerprint density at radius 1 is 1.25 bits per heavy atom. The monoisotopic (exact) mass is 356 g/mol. The van der Waals surface area contributed by atoms with E-state index in [1.807, 2.05) is 0 Å². The van der Waals surface area contributed by atoms with Crippen LogP contribution in [0.15, 0.2) is 29.2 Å². The largest absolute Gasteiger partial charge is 0.495 e. The fourth-order valence-corrected chi connectivity index (χ4v) is 4.21. The van der Waals surface area contributed by atoms with Gasteiger partial charge in [-0.2, -0.15) is 0 Å². The molecule has 24 heavy (non-hydrogen) atoms. The van der Waals surface area contributed by atoms with E-state index in [0.717, 1.165) is 19.5 Å². The van der Waals surface area contributed by atoms with Crippen LogP contribution in [-0.4, -0.2) is 59.3 Å². The normalized spacial score (nSPS) is 17.8. The van der Waals surface area contributed by atoms with Crippen molar-refractivity contribution in [2.75, 3.05) is 40.0 Å². The molecule has 0 saturated carbocycles. The zero-order valence-corrected chi connectivity index (χ0v) is 15.5. The minimum atomic E-state index is -3.61. The smallest absolute Gasteiger partial charge is 0.244 e. The van der Waals surface area contributed by atoms with E-state index in [1.54, 1.807) is 24.3 Å². The van der Waals surface area contributed by atoms with Crippen LogP contribution in [0.25, 0.3) is 0 Å². The van der Waals surface area contributed by atoms with E-state index in [2.05, 4.69) is 23.5 Å². The first-order valence-corrected chi connectivity index (χ1v) is 9.87. The molecule has 1 fully saturated rings. The Morgan fingerprint density at radius 2 is 1.92 bits per heavy atom. The lowest BCUT2D eigenvalue weighted by Gasteiger charge is -2.35. The zero-order chi connectivity index (χ0) is 17.6. The molecule has 6 nitrogen and oxygen atoms in total. The van der Waals surface area contributed by atoms with Gasteiger partial charge >= 0.3 is 0 Å². The lowest BCUT2D eigenvalue weighted by molar-refractivity contribution is 0.0134. The second-order valence-electron chi connectivity index (χ2n) is 6.43. The predicted molar refractivity (Wildman–Crippen MR) is 93.8 cm³/mol. The number of rotatable bonds is 8. The molecule has 0 amide bonds. The SMILES string of the molecule is COc1ccccc1S(=O)(=O)NCC(CC(C)C)N1CCOCC1. The molecular formula is C17H28N2O4S. The van der Waals surface area contributed by atoms with E-state index in [0.29, 0.717) is 31.4 Å². The first-order chi connectivity index (χ1) is 11.4. The molecule has 1 aliphatic rings. The van der Waals surface area contributed by atoms with Gasteiger partial charge in [-0.1, -0.05) is 26.0 Å². The maximum absolute atomic E-state index is 12.7. The van der Waals surface area contributed by atoms with Gasteiger partial charge in [0.25, 0.3) is 0 Å². The molecule has 0 aromatic heterocycles. The molecule has 1 aromatic carbocycles. The van der Waals surface area contributed by atoms with Crippen LogP contribution in [-0.2, 0) is 14.8 Å². The van der Waals surface area contributed by atoms with E-state index >= 15 is 0 Å². The number of hydrogen-bond donors (Lipinski definition) is 1. The second-order valence-corrected chi connectivity index (χ2v) is 8.17. The Labute approximate surface area is 145 Å². The fourth-order valence-electron chi connectivity index (χ4n) is 2.97. The lowest BCUT2D eigenvalue weighted by Crippen LogP contribution is -2.49. The van der Waals surface area contributed by atoms with Crippen molar-refractivity contribution in [3.63, 3.8) is 0 Å². The van der Waals surface area contributed by atoms with Gasteiger partial charge in [0, 0.05) is 25.7 Å². The molecule has 0 aliphatic carbocycles. The Kier molecular flexibility index (Phi) is 7.03. The van der Waals surface area contributed by atoms with Gasteiger partial charge in [-0.25, -0.2) is 13.1 Å². The minimum absolute atomic E-state index is 0.165. The van der Waals surface area contributed by atoms with Crippen LogP contribution in [0, 0.1) is 5.92 Å². The van der Waals surface area contributed by atoms with Crippen LogP contribution in [0.3, 0.4) is 0 Å². The molecule has 136 valence electrons. The van der Waals surface area contributed by atoms with Gasteiger partial charge in [-0.3, -0.25) is 4.90 Å². The van der Waals surface area contributed by atoms with Crippen LogP contribution < -0.4 is 9.46 Å². The van der Waals surface area contributed by atoms with E-state index in [-0.39, 0.29) is 10.9 Å². The van der Waals surface area contributed by atoms with Crippen molar-refractivity contribution < 1.29 is 17.9 Å². The highest BCUT2D eigenvalue weighted by Crippen LogP contribution is 2.23. The standard InChI is InChI=1S/C17H28N2O4S/c1-14(2)12-15(19-8-10-23-11-9-19)13-18-24(20,21)17-7-5-4-6-16(17)22-3/h4-7,14-15,18H,8-13H2,1-3H3. The van der Waals surface area contributed by atoms with Gasteiger partial charge in [-0.15, -0.1) is 0 Å². The molecule has 0 bridgehead atoms. The maximum Gasteiger partial charge on any atom is 0.244 e. The van der Waals surface area contributed by atoms with Gasteiger partial charge in [0.05, 0.1) is 20.3 Å². The van der Waals surface area contributed by atoms with Crippen LogP contribution in [0.4, 0.5) is 0 Å². The summed E-state index contributed by atoms with van der Waals surface area (Å²) in [7, 11) is -2.13. The third-order valence-corrected chi connectivity index (χ3v) is 5.64. The van der Waals surface area contributed by atoms with Crippen LogP contribution in [0.1, 0.15) is 20.3 Å². The molecule has 7 heteroatoms. The maximum atomic E-state index is 12.7. The molecular weight excluding hydrogens is 328 g/mol. The predicted octanol–water partition coefficient (Wildman–Crippen LogP) is 1.72. The number of benzene rings is 1. The Hall–Kier alpha value is -1.15. The number of nitrogens with zero attached hydrogens (tertiary/aromatic N) is 1. The van der Waals surface area contributed by atoms with E-state index < -0.39 is 10.0 Å². The van der Waals surface area contributed by atoms with Crippen molar-refractivity contribution in [2.24, 2.45) is 5.92 Å². The van der Waals surface area contributed by atoms with Gasteiger partial charge in [0.15, 0.2) is 0 Å². The molecule has 1 saturated heterocycles. The molecule has 1 aliphatic heterocycles. The van der Waals surface area contributed by atoms with Crippen molar-refractivity contribution in [3.8, 4) is 5.75 Å². The number of sulfonamides is 1. The van der Waals surface area contributed by atoms with Crippen LogP contribution in [0.2, 0.25) is 0 Å². The number of hydrogen-bond acceptors (Lipinski definition) is 5. The molecule has 1 N–H and O–H groups in total. The van der Waals surface area contributed by atoms with Gasteiger partial charge < -0.3 is 9.47 Å². The highest BCUT2D eigenvalue weighted by molar-refractivity contribution is 7.89. The summed E-state index contributed by atoms with van der Waals surface area (Å²) in [5, 5.41) is 0. The molecule has 1 aromatic rings. The highest BCUT2D eigenvalue weighted by atomic mass is 32.2. The third-order valence-electron chi connectivity index (χ3n) is 4.17. The average Bonchev–Trinajstić information content (AvgIpc) is 2.59. The summed E-state index contributed by atoms with van der Waals surface area (Å²) >= 11 is 0. The number of nitrogens with one attached hydrogen (secondary N) is 1. The molecule has 0 radical (unpaired) electrons. The summed E-state index contributed by atoms with van der Waals surface area (Å²) in [5.41, 5.74) is 0. The van der Waals surface area contributed by atoms with Crippen LogP contribution in [0.5, 0.6) is 5.75 Å². The van der Waals surface area contributed by atoms with Crippen molar-refractivity contribution in [3.05, 3.63) is 24.3 Å². The summed E-state index contributed by atoms with van der Waals surface area (Å²) in [6, 6.07) is 6.84. The second kappa shape index (κ2) is 8.80. The van der Waals surface area contributed by atoms with E-state index in [4.69, 9.17) is 9.47 Å². The Morgan fingerprint density at radius 3 is 2.54 bits per heavy atom. The molecule has 0 spiro atoms. The Balaban J connectivity index is 2.09. The van der Waals surface area contributed by atoms with Crippen molar-refractivity contribution in [2.45, 2.75) is 31.2 Å². The molecule has 1 atom stereocenters. The molecule has 1 unspecified atom stereocenters. The molecule has 2 rings (SSSR count). The summed E-state index contributed by atoms with van der Waals surface area (Å²) in [6.07, 6.45) is 0.939. The summed E-state index contributed by atoms with van der Waals surface area (Å²) in [4.78, 5) is 2.49. The van der Waals surface area contributed by atoms with E-state index in [9.17, 15) is 8.42 Å². The topological polar surface area (TPSA) is 67.9 Å². The van der Waals surface area contributed by atoms with Crippen molar-refractivity contribution in [1.82, 2.24) is 9.62 Å². The first-order valence-electron chi connectivity index (χ1n) is 8.38. The van der Waals surface area contributed by atoms with Crippen LogP contribution >= 0.6 is 0 Å². The number of morpholine rings is 1. The summed E-state index contributed by atoms with van der Waals surface area (Å²) in [6.45, 7) is 7.78. The lowest BCUT2D eigenvalue weighted by atomic mass is 10.0. The van der Waals surface area contributed by atoms with E-state index in [1.165, 1.54) is 7.11 Å². The third kappa shape index (κ3) is 5.17. The van der Waals surface area contributed by atoms with Gasteiger partial charge in [0.2, 0.25) is 10.0 Å². The highest BCUT2D eigenvalue weighted by Gasteiger charge is 2.25. The summed E-state index contributed by atoms with van der Waals surface area (Å²) in [5.74, 6) is 0.852. The minimum Gasteiger partial charge on any atom is -0.495 e. The van der Waals surface area contributed by atoms with Crippen molar-refractivity contribution >= 4 is 10.0 Å². The number of methoxy groups -OCH3 is 1. The first kappa shape index (κ1) is 19.2. The fraction of sp³-hybridized carbons (Fsp3) is 0.647. The van der Waals surface area contributed by atoms with Crippen molar-refractivity contribution in [1.29, 1.82) is 0 Å². The average molecular weight is 356 g/mol. The Bertz CT molecular complexity index is 613.